The molecule has 1 heterocycles. The molecule has 0 radical (unpaired) electrons. The number of hydrogen-bond donors (Lipinski definition) is 0. The van der Waals surface area contributed by atoms with Gasteiger partial charge in [-0.15, -0.1) is 0 Å². The molecule has 0 amide bonds. The highest BCUT2D eigenvalue weighted by Crippen LogP contribution is 2.48. The van der Waals surface area contributed by atoms with Crippen LogP contribution in [0.15, 0.2) is 296 Å². The van der Waals surface area contributed by atoms with Crippen molar-refractivity contribution in [1.82, 2.24) is 0 Å². The van der Waals surface area contributed by atoms with Gasteiger partial charge in [0.05, 0.1) is 11.4 Å². The Morgan fingerprint density at radius 2 is 0.720 bits per heavy atom. The number of anilines is 6. The summed E-state index contributed by atoms with van der Waals surface area (Å²) in [6.45, 7) is 0. The average Bonchev–Trinajstić information content (AvgIpc) is 3.88. The van der Waals surface area contributed by atoms with Crippen LogP contribution in [0.4, 0.5) is 34.1 Å². The van der Waals surface area contributed by atoms with Crippen molar-refractivity contribution in [2.75, 3.05) is 9.80 Å². The summed E-state index contributed by atoms with van der Waals surface area (Å²) in [5.74, 6) is 0. The largest absolute Gasteiger partial charge is 0.455 e. The van der Waals surface area contributed by atoms with Crippen LogP contribution < -0.4 is 9.80 Å². The molecule has 0 saturated carbocycles. The van der Waals surface area contributed by atoms with Gasteiger partial charge >= 0.3 is 0 Å². The number of rotatable bonds is 10. The lowest BCUT2D eigenvalue weighted by molar-refractivity contribution is 0.670. The zero-order valence-electron chi connectivity index (χ0n) is 41.0. The van der Waals surface area contributed by atoms with E-state index in [1.54, 1.807) is 0 Å². The van der Waals surface area contributed by atoms with E-state index in [4.69, 9.17) is 4.42 Å². The highest BCUT2D eigenvalue weighted by molar-refractivity contribution is 6.14. The molecule has 0 unspecified atom stereocenters. The number of para-hydroxylation sites is 3. The summed E-state index contributed by atoms with van der Waals surface area (Å²) in [4.78, 5) is 4.84. The van der Waals surface area contributed by atoms with Crippen LogP contribution in [0, 0.1) is 0 Å². The maximum absolute atomic E-state index is 6.64. The minimum Gasteiger partial charge on any atom is -0.455 e. The summed E-state index contributed by atoms with van der Waals surface area (Å²) >= 11 is 0. The van der Waals surface area contributed by atoms with Crippen LogP contribution in [0.5, 0.6) is 0 Å². The second-order valence-electron chi connectivity index (χ2n) is 19.2. The maximum Gasteiger partial charge on any atom is 0.143 e. The zero-order chi connectivity index (χ0) is 49.7. The molecule has 14 aromatic rings. The van der Waals surface area contributed by atoms with Gasteiger partial charge in [0.1, 0.15) is 11.2 Å². The fourth-order valence-corrected chi connectivity index (χ4v) is 11.2. The first kappa shape index (κ1) is 43.8. The Morgan fingerprint density at radius 1 is 0.227 bits per heavy atom. The van der Waals surface area contributed by atoms with E-state index >= 15 is 0 Å². The van der Waals surface area contributed by atoms with Gasteiger partial charge in [-0.1, -0.05) is 224 Å². The van der Waals surface area contributed by atoms with Gasteiger partial charge in [0.25, 0.3) is 0 Å². The lowest BCUT2D eigenvalue weighted by Crippen LogP contribution is -2.12. The third-order valence-electron chi connectivity index (χ3n) is 14.8. The molecule has 352 valence electrons. The highest BCUT2D eigenvalue weighted by Gasteiger charge is 2.23. The lowest BCUT2D eigenvalue weighted by atomic mass is 9.94. The number of furan rings is 1. The van der Waals surface area contributed by atoms with Crippen molar-refractivity contribution in [2.24, 2.45) is 0 Å². The molecule has 0 N–H and O–H groups in total. The molecule has 0 fully saturated rings. The Labute approximate surface area is 436 Å². The van der Waals surface area contributed by atoms with Crippen molar-refractivity contribution in [2.45, 2.75) is 0 Å². The van der Waals surface area contributed by atoms with Crippen LogP contribution in [-0.4, -0.2) is 0 Å². The summed E-state index contributed by atoms with van der Waals surface area (Å²) in [6.07, 6.45) is 0. The van der Waals surface area contributed by atoms with Crippen molar-refractivity contribution in [3.63, 3.8) is 0 Å². The van der Waals surface area contributed by atoms with Crippen LogP contribution >= 0.6 is 0 Å². The molecular weight excluding hydrogens is 909 g/mol. The van der Waals surface area contributed by atoms with Crippen LogP contribution in [0.3, 0.4) is 0 Å². The van der Waals surface area contributed by atoms with Crippen LogP contribution in [-0.2, 0) is 0 Å². The SMILES string of the molecule is c1ccc(-c2ccc(-c3ccc(N(c4cccc(-c5ccccc5N(c5ccc6ccccc6c5)c5ccc(-c6cccc7c6oc6ccccc67)c6ccccc56)c4)c4ccc5ccccc5c4)cc3)cc2)cc1. The van der Waals surface area contributed by atoms with Crippen LogP contribution in [0.25, 0.3) is 98.8 Å². The number of hydrogen-bond acceptors (Lipinski definition) is 3. The Hall–Kier alpha value is -9.96. The summed E-state index contributed by atoms with van der Waals surface area (Å²) < 4.78 is 6.64. The minimum absolute atomic E-state index is 0.892. The van der Waals surface area contributed by atoms with E-state index in [0.717, 1.165) is 89.1 Å². The molecule has 1 aromatic heterocycles. The molecule has 0 atom stereocenters. The van der Waals surface area contributed by atoms with Crippen LogP contribution in [0.1, 0.15) is 0 Å². The van der Waals surface area contributed by atoms with Gasteiger partial charge in [-0.25, -0.2) is 0 Å². The van der Waals surface area contributed by atoms with Gasteiger partial charge < -0.3 is 14.2 Å². The second kappa shape index (κ2) is 18.6. The fourth-order valence-electron chi connectivity index (χ4n) is 11.2. The molecule has 0 spiro atoms. The van der Waals surface area contributed by atoms with E-state index in [9.17, 15) is 0 Å². The quantitative estimate of drug-likeness (QED) is 0.136. The predicted octanol–water partition coefficient (Wildman–Crippen LogP) is 20.7. The molecule has 14 rings (SSSR count). The maximum atomic E-state index is 6.64. The van der Waals surface area contributed by atoms with Crippen molar-refractivity contribution in [1.29, 1.82) is 0 Å². The first-order valence-electron chi connectivity index (χ1n) is 25.6. The first-order chi connectivity index (χ1) is 37.2. The minimum atomic E-state index is 0.892. The molecule has 13 aromatic carbocycles. The van der Waals surface area contributed by atoms with Gasteiger partial charge in [0, 0.05) is 50.0 Å². The predicted molar refractivity (Wildman–Crippen MR) is 317 cm³/mol. The summed E-state index contributed by atoms with van der Waals surface area (Å²) in [6, 6.07) is 105. The third kappa shape index (κ3) is 7.95. The van der Waals surface area contributed by atoms with Gasteiger partial charge in [0.2, 0.25) is 0 Å². The molecule has 3 nitrogen and oxygen atoms in total. The second-order valence-corrected chi connectivity index (χ2v) is 19.2. The molecule has 0 aliphatic carbocycles. The van der Waals surface area contributed by atoms with Crippen molar-refractivity contribution < 1.29 is 4.42 Å². The molecule has 3 heteroatoms. The standard InChI is InChI=1S/C72H48N2O/c1-2-16-49(17-3-1)52-32-34-53(35-33-52)54-36-40-58(41-37-54)73(60-42-38-50-18-4-6-20-55(50)46-60)59-23-14-22-57(48-59)62-24-10-12-30-69(62)74(61-43-39-51-19-5-7-21-56(51)47-61)70-45-44-64(63-25-8-9-26-65(63)70)67-28-15-29-68-66-27-11-13-31-71(66)75-72(67)68/h1-48H. The molecule has 75 heavy (non-hydrogen) atoms. The summed E-state index contributed by atoms with van der Waals surface area (Å²) in [5, 5.41) is 9.30. The Bertz CT molecular complexity index is 4420. The number of benzene rings is 13. The van der Waals surface area contributed by atoms with E-state index in [2.05, 4.69) is 295 Å². The monoisotopic (exact) mass is 956 g/mol. The van der Waals surface area contributed by atoms with E-state index in [1.165, 1.54) is 43.8 Å². The molecule has 0 aliphatic heterocycles. The van der Waals surface area contributed by atoms with E-state index in [-0.39, 0.29) is 0 Å². The molecule has 0 aliphatic rings. The van der Waals surface area contributed by atoms with Crippen LogP contribution in [0.2, 0.25) is 0 Å². The summed E-state index contributed by atoms with van der Waals surface area (Å²) in [7, 11) is 0. The summed E-state index contributed by atoms with van der Waals surface area (Å²) in [5.41, 5.74) is 17.4. The third-order valence-corrected chi connectivity index (χ3v) is 14.8. The van der Waals surface area contributed by atoms with E-state index in [1.807, 2.05) is 6.07 Å². The topological polar surface area (TPSA) is 19.6 Å². The normalized spacial score (nSPS) is 11.5. The molecule has 0 saturated heterocycles. The molecular formula is C72H48N2O. The van der Waals surface area contributed by atoms with Crippen molar-refractivity contribution in [3.05, 3.63) is 291 Å². The van der Waals surface area contributed by atoms with Gasteiger partial charge in [-0.05, 0) is 127 Å². The number of nitrogens with zero attached hydrogens (tertiary/aromatic N) is 2. The van der Waals surface area contributed by atoms with Gasteiger partial charge in [-0.3, -0.25) is 0 Å². The molecule has 0 bridgehead atoms. The van der Waals surface area contributed by atoms with Crippen molar-refractivity contribution >= 4 is 88.4 Å². The highest BCUT2D eigenvalue weighted by atomic mass is 16.3. The van der Waals surface area contributed by atoms with Gasteiger partial charge in [0.15, 0.2) is 0 Å². The lowest BCUT2D eigenvalue weighted by Gasteiger charge is -2.30. The zero-order valence-corrected chi connectivity index (χ0v) is 41.0. The van der Waals surface area contributed by atoms with Gasteiger partial charge in [-0.2, -0.15) is 0 Å². The Balaban J connectivity index is 0.908. The average molecular weight is 957 g/mol. The number of fused-ring (bicyclic) bond motifs is 6. The van der Waals surface area contributed by atoms with E-state index < -0.39 is 0 Å². The van der Waals surface area contributed by atoms with E-state index in [0.29, 0.717) is 0 Å². The van der Waals surface area contributed by atoms with Crippen molar-refractivity contribution in [3.8, 4) is 44.5 Å². The smallest absolute Gasteiger partial charge is 0.143 e. The fraction of sp³-hybridized carbons (Fsp3) is 0. The first-order valence-corrected chi connectivity index (χ1v) is 25.6. The Morgan fingerprint density at radius 3 is 1.44 bits per heavy atom. The Kier molecular flexibility index (Phi) is 10.8.